The Morgan fingerprint density at radius 2 is 0.778 bits per heavy atom. The number of hydrogen-bond donors (Lipinski definition) is 0. The quantitative estimate of drug-likeness (QED) is 0.181. The zero-order valence-corrected chi connectivity index (χ0v) is 25.4. The molecule has 0 amide bonds. The molecule has 0 saturated carbocycles. The van der Waals surface area contributed by atoms with Crippen molar-refractivity contribution in [3.8, 4) is 11.1 Å². The van der Waals surface area contributed by atoms with E-state index in [1.165, 1.54) is 37.0 Å². The Kier molecular flexibility index (Phi) is 7.07. The summed E-state index contributed by atoms with van der Waals surface area (Å²) in [4.78, 5) is 4.71. The van der Waals surface area contributed by atoms with Crippen LogP contribution in [0.3, 0.4) is 0 Å². The van der Waals surface area contributed by atoms with E-state index in [0.717, 1.165) is 28.4 Å². The molecule has 0 saturated heterocycles. The highest BCUT2D eigenvalue weighted by Gasteiger charge is 2.19. The first kappa shape index (κ1) is 26.9. The Bertz CT molecular complexity index is 2180. The van der Waals surface area contributed by atoms with Crippen molar-refractivity contribution >= 4 is 65.6 Å². The molecule has 0 bridgehead atoms. The number of fused-ring (bicyclic) bond motifs is 3. The summed E-state index contributed by atoms with van der Waals surface area (Å²) in [6.45, 7) is 0. The number of para-hydroxylation sites is 3. The molecule has 0 aliphatic carbocycles. The van der Waals surface area contributed by atoms with Gasteiger partial charge in [0.25, 0.3) is 0 Å². The van der Waals surface area contributed by atoms with Gasteiger partial charge in [0.2, 0.25) is 0 Å². The minimum Gasteiger partial charge on any atom is -0.310 e. The molecule has 2 nitrogen and oxygen atoms in total. The number of hydrogen-bond acceptors (Lipinski definition) is 3. The molecule has 8 rings (SSSR count). The number of rotatable bonds is 7. The fourth-order valence-corrected chi connectivity index (χ4v) is 7.32. The van der Waals surface area contributed by atoms with Crippen LogP contribution in [-0.2, 0) is 0 Å². The maximum atomic E-state index is 2.40. The molecule has 8 aromatic rings. The molecule has 7 aromatic carbocycles. The number of nitrogens with zero attached hydrogens (tertiary/aromatic N) is 2. The average Bonchev–Trinajstić information content (AvgIpc) is 3.50. The largest absolute Gasteiger partial charge is 0.310 e. The van der Waals surface area contributed by atoms with Gasteiger partial charge in [-0.3, -0.25) is 0 Å². The second-order valence-electron chi connectivity index (χ2n) is 11.0. The molecule has 0 aliphatic heterocycles. The van der Waals surface area contributed by atoms with Crippen molar-refractivity contribution in [1.82, 2.24) is 0 Å². The minimum absolute atomic E-state index is 1.12. The summed E-state index contributed by atoms with van der Waals surface area (Å²) < 4.78 is 2.60. The van der Waals surface area contributed by atoms with Crippen molar-refractivity contribution in [2.24, 2.45) is 0 Å². The SMILES string of the molecule is c1ccc(N(c2ccccc2)c2cccc(-c3cccc(N(c4ccccc4)c4cccc5sc6ccccc6c45)c3)c2)cc1. The lowest BCUT2D eigenvalue weighted by Crippen LogP contribution is -2.10. The zero-order chi connectivity index (χ0) is 30.0. The van der Waals surface area contributed by atoms with Crippen LogP contribution >= 0.6 is 11.3 Å². The van der Waals surface area contributed by atoms with Gasteiger partial charge in [-0.2, -0.15) is 0 Å². The van der Waals surface area contributed by atoms with Gasteiger partial charge in [-0.1, -0.05) is 103 Å². The van der Waals surface area contributed by atoms with Crippen molar-refractivity contribution in [3.63, 3.8) is 0 Å². The van der Waals surface area contributed by atoms with E-state index >= 15 is 0 Å². The van der Waals surface area contributed by atoms with Crippen molar-refractivity contribution in [1.29, 1.82) is 0 Å². The van der Waals surface area contributed by atoms with Gasteiger partial charge < -0.3 is 9.80 Å². The highest BCUT2D eigenvalue weighted by molar-refractivity contribution is 7.26. The van der Waals surface area contributed by atoms with Gasteiger partial charge in [0, 0.05) is 48.6 Å². The van der Waals surface area contributed by atoms with Crippen LogP contribution in [-0.4, -0.2) is 0 Å². The van der Waals surface area contributed by atoms with Crippen LogP contribution in [0.4, 0.5) is 34.1 Å². The normalized spacial score (nSPS) is 11.1. The van der Waals surface area contributed by atoms with Gasteiger partial charge in [-0.05, 0) is 90.0 Å². The molecule has 1 aromatic heterocycles. The van der Waals surface area contributed by atoms with Crippen LogP contribution in [0.25, 0.3) is 31.3 Å². The molecule has 214 valence electrons. The Hall–Kier alpha value is -5.64. The van der Waals surface area contributed by atoms with E-state index in [4.69, 9.17) is 0 Å². The van der Waals surface area contributed by atoms with Crippen LogP contribution in [0, 0.1) is 0 Å². The summed E-state index contributed by atoms with van der Waals surface area (Å²) in [5, 5.41) is 2.58. The fourth-order valence-electron chi connectivity index (χ4n) is 6.20. The van der Waals surface area contributed by atoms with Crippen LogP contribution in [0.15, 0.2) is 182 Å². The number of benzene rings is 7. The van der Waals surface area contributed by atoms with Gasteiger partial charge in [-0.25, -0.2) is 0 Å². The van der Waals surface area contributed by atoms with Gasteiger partial charge in [0.1, 0.15) is 0 Å². The van der Waals surface area contributed by atoms with E-state index in [2.05, 4.69) is 192 Å². The van der Waals surface area contributed by atoms with E-state index in [9.17, 15) is 0 Å². The maximum absolute atomic E-state index is 2.40. The van der Waals surface area contributed by atoms with Crippen molar-refractivity contribution in [2.45, 2.75) is 0 Å². The summed E-state index contributed by atoms with van der Waals surface area (Å²) in [5.74, 6) is 0. The lowest BCUT2D eigenvalue weighted by molar-refractivity contribution is 1.28. The first-order valence-corrected chi connectivity index (χ1v) is 16.0. The van der Waals surface area contributed by atoms with E-state index in [0.29, 0.717) is 0 Å². The second kappa shape index (κ2) is 11.8. The molecule has 0 atom stereocenters. The smallest absolute Gasteiger partial charge is 0.0554 e. The first-order valence-electron chi connectivity index (χ1n) is 15.2. The molecule has 0 radical (unpaired) electrons. The van der Waals surface area contributed by atoms with Crippen molar-refractivity contribution in [2.75, 3.05) is 9.80 Å². The summed E-state index contributed by atoms with van der Waals surface area (Å²) in [7, 11) is 0. The molecular weight excluding hydrogens is 565 g/mol. The third-order valence-corrected chi connectivity index (χ3v) is 9.34. The van der Waals surface area contributed by atoms with Gasteiger partial charge >= 0.3 is 0 Å². The van der Waals surface area contributed by atoms with Gasteiger partial charge in [-0.15, -0.1) is 11.3 Å². The number of thiophene rings is 1. The average molecular weight is 595 g/mol. The molecule has 0 spiro atoms. The standard InChI is InChI=1S/C42H30N2S/c1-4-17-33(18-5-1)43(34-19-6-2-7-20-34)36-23-12-15-31(29-36)32-16-13-24-37(30-32)44(35-21-8-3-9-22-35)39-26-14-28-41-42(39)38-25-10-11-27-40(38)45-41/h1-30H. The molecule has 0 unspecified atom stereocenters. The second-order valence-corrected chi connectivity index (χ2v) is 12.1. The molecule has 1 heterocycles. The monoisotopic (exact) mass is 594 g/mol. The summed E-state index contributed by atoms with van der Waals surface area (Å²) >= 11 is 1.85. The maximum Gasteiger partial charge on any atom is 0.0554 e. The van der Waals surface area contributed by atoms with Gasteiger partial charge in [0.15, 0.2) is 0 Å². The summed E-state index contributed by atoms with van der Waals surface area (Å²) in [6.07, 6.45) is 0. The predicted molar refractivity (Wildman–Crippen MR) is 194 cm³/mol. The molecule has 0 N–H and O–H groups in total. The minimum atomic E-state index is 1.12. The third-order valence-electron chi connectivity index (χ3n) is 8.21. The van der Waals surface area contributed by atoms with Crippen molar-refractivity contribution in [3.05, 3.63) is 182 Å². The highest BCUT2D eigenvalue weighted by atomic mass is 32.1. The molecule has 0 aliphatic rings. The summed E-state index contributed by atoms with van der Waals surface area (Å²) in [5.41, 5.74) is 9.13. The van der Waals surface area contributed by atoms with E-state index < -0.39 is 0 Å². The Balaban J connectivity index is 1.27. The van der Waals surface area contributed by atoms with Crippen molar-refractivity contribution < 1.29 is 0 Å². The predicted octanol–water partition coefficient (Wildman–Crippen LogP) is 12.7. The highest BCUT2D eigenvalue weighted by Crippen LogP contribution is 2.45. The number of anilines is 6. The van der Waals surface area contributed by atoms with Crippen LogP contribution in [0.1, 0.15) is 0 Å². The lowest BCUT2D eigenvalue weighted by Gasteiger charge is -2.27. The van der Waals surface area contributed by atoms with E-state index in [1.54, 1.807) is 0 Å². The Morgan fingerprint density at radius 3 is 1.38 bits per heavy atom. The third kappa shape index (κ3) is 5.14. The topological polar surface area (TPSA) is 6.48 Å². The Morgan fingerprint density at radius 1 is 0.333 bits per heavy atom. The van der Waals surface area contributed by atoms with E-state index in [1.807, 2.05) is 11.3 Å². The molecular formula is C42H30N2S. The lowest BCUT2D eigenvalue weighted by atomic mass is 10.0. The molecule has 45 heavy (non-hydrogen) atoms. The van der Waals surface area contributed by atoms with Gasteiger partial charge in [0.05, 0.1) is 5.69 Å². The zero-order valence-electron chi connectivity index (χ0n) is 24.6. The first-order chi connectivity index (χ1) is 22.3. The van der Waals surface area contributed by atoms with Crippen LogP contribution < -0.4 is 9.80 Å². The van der Waals surface area contributed by atoms with Crippen LogP contribution in [0.5, 0.6) is 0 Å². The van der Waals surface area contributed by atoms with Crippen LogP contribution in [0.2, 0.25) is 0 Å². The fraction of sp³-hybridized carbons (Fsp3) is 0. The summed E-state index contributed by atoms with van der Waals surface area (Å²) in [6, 6.07) is 65.0. The molecule has 3 heteroatoms. The van der Waals surface area contributed by atoms with E-state index in [-0.39, 0.29) is 0 Å². The molecule has 0 fully saturated rings. The Labute approximate surface area is 267 Å².